The molecule has 0 aromatic heterocycles. The van der Waals surface area contributed by atoms with Crippen LogP contribution in [0.3, 0.4) is 0 Å². The van der Waals surface area contributed by atoms with Gasteiger partial charge in [-0.2, -0.15) is 0 Å². The second-order valence-corrected chi connectivity index (χ2v) is 5.30. The monoisotopic (exact) mass is 303 g/mol. The number of nitrogens with two attached hydrogens (primary N) is 1. The van der Waals surface area contributed by atoms with E-state index in [0.717, 1.165) is 0 Å². The van der Waals surface area contributed by atoms with E-state index in [0.29, 0.717) is 5.75 Å². The number of phosphoric ester groups is 1. The molecule has 1 rings (SSSR count). The molecule has 1 amide bonds. The van der Waals surface area contributed by atoms with Crippen molar-refractivity contribution in [2.24, 2.45) is 5.73 Å². The van der Waals surface area contributed by atoms with E-state index in [9.17, 15) is 9.36 Å². The summed E-state index contributed by atoms with van der Waals surface area (Å²) in [6.45, 7) is 3.06. The molecular weight excluding hydrogens is 285 g/mol. The molecule has 0 fully saturated rings. The van der Waals surface area contributed by atoms with Crippen molar-refractivity contribution in [1.29, 1.82) is 0 Å². The SMILES string of the molecule is CCOP(=O)(Oc1ccccc1OC)OC(C)C(N)=O. The minimum Gasteiger partial charge on any atom is -0.493 e. The highest BCUT2D eigenvalue weighted by Crippen LogP contribution is 2.52. The Morgan fingerprint density at radius 2 is 1.95 bits per heavy atom. The second-order valence-electron chi connectivity index (χ2n) is 3.76. The van der Waals surface area contributed by atoms with Crippen molar-refractivity contribution < 1.29 is 27.7 Å². The number of primary amides is 1. The standard InChI is InChI=1S/C12H18NO6P/c1-4-17-20(15,18-9(2)12(13)14)19-11-8-6-5-7-10(11)16-3/h5-9H,4H2,1-3H3,(H2,13,14). The van der Waals surface area contributed by atoms with E-state index in [4.69, 9.17) is 24.0 Å². The highest BCUT2D eigenvalue weighted by atomic mass is 31.2. The number of benzene rings is 1. The van der Waals surface area contributed by atoms with Crippen LogP contribution in [0.25, 0.3) is 0 Å². The maximum absolute atomic E-state index is 12.4. The summed E-state index contributed by atoms with van der Waals surface area (Å²) in [6, 6.07) is 6.57. The van der Waals surface area contributed by atoms with E-state index in [2.05, 4.69) is 0 Å². The third-order valence-corrected chi connectivity index (χ3v) is 3.82. The van der Waals surface area contributed by atoms with Gasteiger partial charge < -0.3 is 15.0 Å². The van der Waals surface area contributed by atoms with Gasteiger partial charge in [-0.3, -0.25) is 13.8 Å². The van der Waals surface area contributed by atoms with Crippen molar-refractivity contribution in [3.05, 3.63) is 24.3 Å². The molecule has 0 spiro atoms. The van der Waals surface area contributed by atoms with Gasteiger partial charge in [0, 0.05) is 0 Å². The van der Waals surface area contributed by atoms with Crippen molar-refractivity contribution >= 4 is 13.7 Å². The van der Waals surface area contributed by atoms with E-state index >= 15 is 0 Å². The lowest BCUT2D eigenvalue weighted by atomic mass is 10.3. The molecule has 2 atom stereocenters. The number of hydrogen-bond acceptors (Lipinski definition) is 6. The summed E-state index contributed by atoms with van der Waals surface area (Å²) in [5, 5.41) is 0. The topological polar surface area (TPSA) is 97.1 Å². The number of methoxy groups -OCH3 is 1. The zero-order valence-electron chi connectivity index (χ0n) is 11.6. The number of carbonyl (C=O) groups excluding carboxylic acids is 1. The minimum absolute atomic E-state index is 0.0813. The first-order valence-electron chi connectivity index (χ1n) is 5.96. The molecule has 8 heteroatoms. The fourth-order valence-corrected chi connectivity index (χ4v) is 2.65. The lowest BCUT2D eigenvalue weighted by Gasteiger charge is -2.21. The molecule has 0 heterocycles. The first-order valence-corrected chi connectivity index (χ1v) is 7.43. The van der Waals surface area contributed by atoms with Gasteiger partial charge in [-0.05, 0) is 26.0 Å². The summed E-state index contributed by atoms with van der Waals surface area (Å²) in [7, 11) is -2.53. The summed E-state index contributed by atoms with van der Waals surface area (Å²) in [5.41, 5.74) is 5.07. The average molecular weight is 303 g/mol. The van der Waals surface area contributed by atoms with Gasteiger partial charge in [-0.1, -0.05) is 12.1 Å². The molecule has 20 heavy (non-hydrogen) atoms. The molecule has 0 radical (unpaired) electrons. The number of carbonyl (C=O) groups is 1. The van der Waals surface area contributed by atoms with Crippen LogP contribution in [0, 0.1) is 0 Å². The smallest absolute Gasteiger partial charge is 0.493 e. The Kier molecular flexibility index (Phi) is 6.01. The number of para-hydroxylation sites is 2. The quantitative estimate of drug-likeness (QED) is 0.739. The van der Waals surface area contributed by atoms with Gasteiger partial charge in [0.2, 0.25) is 5.91 Å². The summed E-state index contributed by atoms with van der Waals surface area (Å²) in [4.78, 5) is 11.0. The van der Waals surface area contributed by atoms with Crippen molar-refractivity contribution in [1.82, 2.24) is 0 Å². The predicted molar refractivity (Wildman–Crippen MR) is 72.6 cm³/mol. The van der Waals surface area contributed by atoms with E-state index in [1.54, 1.807) is 31.2 Å². The molecular formula is C12H18NO6P. The number of rotatable bonds is 8. The molecule has 112 valence electrons. The molecule has 2 N–H and O–H groups in total. The molecule has 1 aromatic rings. The first kappa shape index (κ1) is 16.5. The van der Waals surface area contributed by atoms with Crippen molar-refractivity contribution in [2.45, 2.75) is 20.0 Å². The summed E-state index contributed by atoms with van der Waals surface area (Å²) >= 11 is 0. The Balaban J connectivity index is 2.96. The summed E-state index contributed by atoms with van der Waals surface area (Å²) in [5.74, 6) is -0.222. The highest BCUT2D eigenvalue weighted by molar-refractivity contribution is 7.49. The van der Waals surface area contributed by atoms with Gasteiger partial charge >= 0.3 is 7.82 Å². The van der Waals surface area contributed by atoms with Crippen LogP contribution < -0.4 is 15.0 Å². The van der Waals surface area contributed by atoms with Crippen LogP contribution >= 0.6 is 7.82 Å². The van der Waals surface area contributed by atoms with Gasteiger partial charge in [-0.25, -0.2) is 4.57 Å². The summed E-state index contributed by atoms with van der Waals surface area (Å²) < 4.78 is 32.8. The van der Waals surface area contributed by atoms with E-state index < -0.39 is 19.8 Å². The molecule has 1 aromatic carbocycles. The van der Waals surface area contributed by atoms with Crippen LogP contribution in [0.2, 0.25) is 0 Å². The van der Waals surface area contributed by atoms with Gasteiger partial charge in [0.1, 0.15) is 6.10 Å². The van der Waals surface area contributed by atoms with Crippen molar-refractivity contribution in [2.75, 3.05) is 13.7 Å². The highest BCUT2D eigenvalue weighted by Gasteiger charge is 2.33. The van der Waals surface area contributed by atoms with E-state index in [-0.39, 0.29) is 12.4 Å². The Morgan fingerprint density at radius 1 is 1.35 bits per heavy atom. The van der Waals surface area contributed by atoms with Crippen LogP contribution in [0.5, 0.6) is 11.5 Å². The normalized spacial score (nSPS) is 15.2. The van der Waals surface area contributed by atoms with Crippen molar-refractivity contribution in [3.8, 4) is 11.5 Å². The van der Waals surface area contributed by atoms with Crippen LogP contribution in [0.4, 0.5) is 0 Å². The average Bonchev–Trinajstić information content (AvgIpc) is 2.39. The maximum Gasteiger partial charge on any atom is 0.530 e. The van der Waals surface area contributed by atoms with Crippen LogP contribution in [-0.2, 0) is 18.4 Å². The number of amides is 1. The molecule has 7 nitrogen and oxygen atoms in total. The number of ether oxygens (including phenoxy) is 1. The largest absolute Gasteiger partial charge is 0.530 e. The predicted octanol–water partition coefficient (Wildman–Crippen LogP) is 2.11. The lowest BCUT2D eigenvalue weighted by Crippen LogP contribution is -2.28. The number of phosphoric acid groups is 1. The third kappa shape index (κ3) is 4.52. The molecule has 0 aliphatic rings. The fraction of sp³-hybridized carbons (Fsp3) is 0.417. The van der Waals surface area contributed by atoms with Crippen LogP contribution in [0.15, 0.2) is 24.3 Å². The summed E-state index contributed by atoms with van der Waals surface area (Å²) in [6.07, 6.45) is -1.11. The zero-order chi connectivity index (χ0) is 15.2. The lowest BCUT2D eigenvalue weighted by molar-refractivity contribution is -0.124. The van der Waals surface area contributed by atoms with Crippen molar-refractivity contribution in [3.63, 3.8) is 0 Å². The molecule has 0 aliphatic carbocycles. The van der Waals surface area contributed by atoms with E-state index in [1.165, 1.54) is 14.0 Å². The van der Waals surface area contributed by atoms with Gasteiger partial charge in [-0.15, -0.1) is 0 Å². The van der Waals surface area contributed by atoms with E-state index in [1.807, 2.05) is 0 Å². The Morgan fingerprint density at radius 3 is 2.45 bits per heavy atom. The maximum atomic E-state index is 12.4. The van der Waals surface area contributed by atoms with Gasteiger partial charge in [0.05, 0.1) is 13.7 Å². The Labute approximate surface area is 117 Å². The van der Waals surface area contributed by atoms with Crippen LogP contribution in [-0.4, -0.2) is 25.7 Å². The molecule has 0 saturated carbocycles. The van der Waals surface area contributed by atoms with Crippen LogP contribution in [0.1, 0.15) is 13.8 Å². The second kappa shape index (κ2) is 7.28. The zero-order valence-corrected chi connectivity index (χ0v) is 12.5. The Hall–Kier alpha value is -1.56. The molecule has 0 bridgehead atoms. The number of hydrogen-bond donors (Lipinski definition) is 1. The molecule has 2 unspecified atom stereocenters. The van der Waals surface area contributed by atoms with Gasteiger partial charge in [0.25, 0.3) is 0 Å². The third-order valence-electron chi connectivity index (χ3n) is 2.25. The first-order chi connectivity index (χ1) is 9.41. The Bertz CT molecular complexity index is 506. The van der Waals surface area contributed by atoms with Gasteiger partial charge in [0.15, 0.2) is 11.5 Å². The molecule has 0 saturated heterocycles. The molecule has 0 aliphatic heterocycles. The minimum atomic E-state index is -3.97. The fourth-order valence-electron chi connectivity index (χ4n) is 1.30.